The van der Waals surface area contributed by atoms with E-state index in [2.05, 4.69) is 16.5 Å². The second-order valence-corrected chi connectivity index (χ2v) is 5.75. The Balaban J connectivity index is 3.01. The Morgan fingerprint density at radius 2 is 1.30 bits per heavy atom. The Labute approximate surface area is 120 Å². The van der Waals surface area contributed by atoms with Crippen molar-refractivity contribution in [2.45, 2.75) is 58.3 Å². The predicted molar refractivity (Wildman–Crippen MR) is 73.6 cm³/mol. The van der Waals surface area contributed by atoms with Crippen molar-refractivity contribution in [1.29, 1.82) is 0 Å². The molecule has 0 saturated carbocycles. The molecule has 0 aliphatic heterocycles. The van der Waals surface area contributed by atoms with E-state index in [0.717, 1.165) is 12.8 Å². The maximum absolute atomic E-state index is 10.3. The van der Waals surface area contributed by atoms with Crippen molar-refractivity contribution in [3.63, 3.8) is 0 Å². The molecule has 0 radical (unpaired) electrons. The smallest absolute Gasteiger partial charge is 0.303 e. The molecule has 0 saturated heterocycles. The van der Waals surface area contributed by atoms with Crippen molar-refractivity contribution >= 4 is 7.82 Å². The summed E-state index contributed by atoms with van der Waals surface area (Å²) in [6.07, 6.45) is 8.14. The Hall–Kier alpha value is -0.0100. The van der Waals surface area contributed by atoms with E-state index in [1.54, 1.807) is 0 Å². The van der Waals surface area contributed by atoms with Gasteiger partial charge in [0.15, 0.2) is 0 Å². The van der Waals surface area contributed by atoms with Crippen molar-refractivity contribution < 1.29 is 33.7 Å². The summed E-state index contributed by atoms with van der Waals surface area (Å²) in [5.74, 6) is 0. The highest BCUT2D eigenvalue weighted by atomic mass is 31.2. The van der Waals surface area contributed by atoms with Gasteiger partial charge in [0.05, 0.1) is 19.8 Å². The molecule has 122 valence electrons. The van der Waals surface area contributed by atoms with Crippen LogP contribution in [0.1, 0.15) is 58.3 Å². The van der Waals surface area contributed by atoms with E-state index in [1.807, 2.05) is 0 Å². The Kier molecular flexibility index (Phi) is 13.9. The first-order valence-electron chi connectivity index (χ1n) is 7.17. The topological polar surface area (TPSA) is 94.5 Å². The van der Waals surface area contributed by atoms with Crippen molar-refractivity contribution in [2.75, 3.05) is 19.8 Å². The molecule has 0 atom stereocenters. The van der Waals surface area contributed by atoms with Crippen LogP contribution in [0.5, 0.6) is 0 Å². The lowest BCUT2D eigenvalue weighted by molar-refractivity contribution is -0.512. The molecule has 0 bridgehead atoms. The monoisotopic (exact) mass is 314 g/mol. The fraction of sp³-hybridized carbons (Fsp3) is 1.00. The molecule has 0 fully saturated rings. The minimum absolute atomic E-state index is 0.00768. The van der Waals surface area contributed by atoms with Crippen molar-refractivity contribution in [3.8, 4) is 0 Å². The van der Waals surface area contributed by atoms with Gasteiger partial charge in [-0.25, -0.2) is 14.3 Å². The third-order valence-electron chi connectivity index (χ3n) is 2.56. The summed E-state index contributed by atoms with van der Waals surface area (Å²) in [6, 6.07) is 0. The van der Waals surface area contributed by atoms with Crippen LogP contribution in [0.4, 0.5) is 0 Å². The first kappa shape index (κ1) is 20.0. The fourth-order valence-corrected chi connectivity index (χ4v) is 1.86. The molecular weight excluding hydrogens is 287 g/mol. The highest BCUT2D eigenvalue weighted by Crippen LogP contribution is 2.35. The molecule has 0 aliphatic rings. The molecule has 20 heavy (non-hydrogen) atoms. The highest BCUT2D eigenvalue weighted by Gasteiger charge is 2.12. The number of hydrogen-bond donors (Lipinski definition) is 2. The van der Waals surface area contributed by atoms with E-state index < -0.39 is 7.82 Å². The van der Waals surface area contributed by atoms with E-state index in [-0.39, 0.29) is 6.61 Å². The van der Waals surface area contributed by atoms with E-state index in [4.69, 9.17) is 19.6 Å². The van der Waals surface area contributed by atoms with E-state index >= 15 is 0 Å². The molecule has 0 aliphatic carbocycles. The van der Waals surface area contributed by atoms with Gasteiger partial charge >= 0.3 is 7.82 Å². The van der Waals surface area contributed by atoms with E-state index in [1.165, 1.54) is 25.7 Å². The molecule has 0 spiro atoms. The zero-order chi connectivity index (χ0) is 15.1. The fourth-order valence-electron chi connectivity index (χ4n) is 1.49. The van der Waals surface area contributed by atoms with Crippen molar-refractivity contribution in [2.24, 2.45) is 0 Å². The minimum Gasteiger partial charge on any atom is -0.303 e. The third-order valence-corrected chi connectivity index (χ3v) is 3.08. The van der Waals surface area contributed by atoms with Crippen LogP contribution in [-0.2, 0) is 23.9 Å². The number of phosphoric acid groups is 1. The molecule has 0 amide bonds. The SMILES string of the molecule is CCCCCCCCOOOCCCCOP(=O)(O)O. The molecule has 0 heterocycles. The van der Waals surface area contributed by atoms with E-state index in [9.17, 15) is 4.57 Å². The summed E-state index contributed by atoms with van der Waals surface area (Å²) in [4.78, 5) is 26.4. The van der Waals surface area contributed by atoms with Gasteiger partial charge in [-0.15, -0.1) is 0 Å². The van der Waals surface area contributed by atoms with Crippen LogP contribution < -0.4 is 0 Å². The molecule has 0 aromatic carbocycles. The van der Waals surface area contributed by atoms with Crippen LogP contribution in [0.15, 0.2) is 0 Å². The van der Waals surface area contributed by atoms with Crippen LogP contribution in [0.2, 0.25) is 0 Å². The van der Waals surface area contributed by atoms with Crippen LogP contribution in [0.3, 0.4) is 0 Å². The van der Waals surface area contributed by atoms with Gasteiger partial charge in [0.1, 0.15) is 0 Å². The zero-order valence-electron chi connectivity index (χ0n) is 12.2. The lowest BCUT2D eigenvalue weighted by Crippen LogP contribution is -2.01. The zero-order valence-corrected chi connectivity index (χ0v) is 13.1. The normalized spacial score (nSPS) is 11.9. The average Bonchev–Trinajstić information content (AvgIpc) is 2.38. The molecule has 0 unspecified atom stereocenters. The lowest BCUT2D eigenvalue weighted by atomic mass is 10.1. The molecule has 0 aromatic heterocycles. The van der Waals surface area contributed by atoms with Crippen LogP contribution in [0.25, 0.3) is 0 Å². The molecule has 8 heteroatoms. The van der Waals surface area contributed by atoms with Gasteiger partial charge in [0.2, 0.25) is 0 Å². The number of rotatable bonds is 15. The molecule has 7 nitrogen and oxygen atoms in total. The summed E-state index contributed by atoms with van der Waals surface area (Å²) in [6.45, 7) is 2.98. The molecular formula is C12H27O7P. The number of unbranched alkanes of at least 4 members (excludes halogenated alkanes) is 6. The second kappa shape index (κ2) is 13.9. The summed E-state index contributed by atoms with van der Waals surface area (Å²) < 4.78 is 14.6. The summed E-state index contributed by atoms with van der Waals surface area (Å²) >= 11 is 0. The Morgan fingerprint density at radius 3 is 1.90 bits per heavy atom. The van der Waals surface area contributed by atoms with Gasteiger partial charge in [0, 0.05) is 0 Å². The third kappa shape index (κ3) is 18.0. The predicted octanol–water partition coefficient (Wildman–Crippen LogP) is 3.12. The number of hydrogen-bond acceptors (Lipinski definition) is 5. The van der Waals surface area contributed by atoms with Gasteiger partial charge < -0.3 is 9.79 Å². The van der Waals surface area contributed by atoms with Gasteiger partial charge in [-0.05, 0) is 19.3 Å². The Morgan fingerprint density at radius 1 is 0.800 bits per heavy atom. The van der Waals surface area contributed by atoms with Crippen LogP contribution in [-0.4, -0.2) is 29.6 Å². The maximum atomic E-state index is 10.3. The van der Waals surface area contributed by atoms with Crippen LogP contribution >= 0.6 is 7.82 Å². The summed E-state index contributed by atoms with van der Waals surface area (Å²) in [5, 5.41) is 4.51. The van der Waals surface area contributed by atoms with E-state index in [0.29, 0.717) is 26.1 Å². The molecule has 0 aromatic rings. The Bertz CT molecular complexity index is 244. The lowest BCUT2D eigenvalue weighted by Gasteiger charge is -2.05. The van der Waals surface area contributed by atoms with Crippen LogP contribution in [0, 0.1) is 0 Å². The van der Waals surface area contributed by atoms with Crippen molar-refractivity contribution in [1.82, 2.24) is 0 Å². The molecule has 2 N–H and O–H groups in total. The van der Waals surface area contributed by atoms with Gasteiger partial charge in [-0.3, -0.25) is 4.52 Å². The standard InChI is InChI=1S/C12H27O7P/c1-2-3-4-5-6-7-10-16-19-17-11-8-9-12-18-20(13,14)15/h2-12H2,1H3,(H2,13,14,15). The first-order chi connectivity index (χ1) is 9.56. The first-order valence-corrected chi connectivity index (χ1v) is 8.70. The van der Waals surface area contributed by atoms with Gasteiger partial charge in [-0.2, -0.15) is 0 Å². The van der Waals surface area contributed by atoms with Gasteiger partial charge in [-0.1, -0.05) is 44.1 Å². The second-order valence-electron chi connectivity index (χ2n) is 4.51. The highest BCUT2D eigenvalue weighted by molar-refractivity contribution is 7.46. The molecule has 0 rings (SSSR count). The summed E-state index contributed by atoms with van der Waals surface area (Å²) in [5.41, 5.74) is 0. The minimum atomic E-state index is -4.35. The summed E-state index contributed by atoms with van der Waals surface area (Å²) in [7, 11) is -4.35. The average molecular weight is 314 g/mol. The van der Waals surface area contributed by atoms with Gasteiger partial charge in [0.25, 0.3) is 0 Å². The number of phosphoric ester groups is 1. The largest absolute Gasteiger partial charge is 0.469 e. The van der Waals surface area contributed by atoms with Crippen molar-refractivity contribution in [3.05, 3.63) is 0 Å². The maximum Gasteiger partial charge on any atom is 0.469 e. The quantitative estimate of drug-likeness (QED) is 0.207.